The fourth-order valence-electron chi connectivity index (χ4n) is 3.10. The molecule has 4 rings (SSSR count). The van der Waals surface area contributed by atoms with Gasteiger partial charge in [0.1, 0.15) is 11.5 Å². The molecular formula is C25H22N4O2. The fourth-order valence-corrected chi connectivity index (χ4v) is 3.10. The van der Waals surface area contributed by atoms with E-state index in [0.717, 1.165) is 28.1 Å². The minimum absolute atomic E-state index is 0.406. The molecule has 4 aromatic rings. The lowest BCUT2D eigenvalue weighted by molar-refractivity contribution is 0.394. The average molecular weight is 410 g/mol. The Morgan fingerprint density at radius 2 is 1.35 bits per heavy atom. The summed E-state index contributed by atoms with van der Waals surface area (Å²) in [5.74, 6) is 1.78. The number of nitrogens with zero attached hydrogens (tertiary/aromatic N) is 3. The molecule has 6 nitrogen and oxygen atoms in total. The van der Waals surface area contributed by atoms with Crippen molar-refractivity contribution in [3.05, 3.63) is 90.5 Å². The topological polar surface area (TPSA) is 68.6 Å². The lowest BCUT2D eigenvalue weighted by atomic mass is 10.1. The van der Waals surface area contributed by atoms with Crippen molar-refractivity contribution in [2.75, 3.05) is 19.6 Å². The number of ether oxygens (including phenoxy) is 2. The highest BCUT2D eigenvalue weighted by atomic mass is 16.5. The molecule has 1 aromatic heterocycles. The molecule has 0 aliphatic rings. The molecule has 0 fully saturated rings. The zero-order chi connectivity index (χ0) is 21.5. The van der Waals surface area contributed by atoms with Crippen LogP contribution in [0.4, 0.5) is 5.95 Å². The highest BCUT2D eigenvalue weighted by molar-refractivity contribution is 5.84. The van der Waals surface area contributed by atoms with Crippen molar-refractivity contribution in [1.82, 2.24) is 9.97 Å². The van der Waals surface area contributed by atoms with Gasteiger partial charge >= 0.3 is 0 Å². The summed E-state index contributed by atoms with van der Waals surface area (Å²) in [7, 11) is 3.23. The maximum Gasteiger partial charge on any atom is 0.244 e. The zero-order valence-corrected chi connectivity index (χ0v) is 17.3. The Balaban J connectivity index is 1.66. The summed E-state index contributed by atoms with van der Waals surface area (Å²) in [5.41, 5.74) is 7.40. The average Bonchev–Trinajstić information content (AvgIpc) is 2.85. The second kappa shape index (κ2) is 9.54. The van der Waals surface area contributed by atoms with Crippen LogP contribution in [0.2, 0.25) is 0 Å². The Bertz CT molecular complexity index is 1120. The van der Waals surface area contributed by atoms with E-state index in [-0.39, 0.29) is 0 Å². The van der Waals surface area contributed by atoms with Gasteiger partial charge in [0.2, 0.25) is 5.95 Å². The SMILES string of the molecule is COc1ccc(/C=N/Nc2nc(-c3ccccc3)cc(-c3ccccc3)n2)c(OC)c1. The van der Waals surface area contributed by atoms with Crippen LogP contribution in [0.3, 0.4) is 0 Å². The van der Waals surface area contributed by atoms with Gasteiger partial charge in [-0.3, -0.25) is 0 Å². The molecule has 0 unspecified atom stereocenters. The van der Waals surface area contributed by atoms with Crippen molar-refractivity contribution in [3.8, 4) is 34.0 Å². The number of benzene rings is 3. The first-order valence-electron chi connectivity index (χ1n) is 9.78. The van der Waals surface area contributed by atoms with E-state index in [4.69, 9.17) is 9.47 Å². The molecule has 0 saturated heterocycles. The van der Waals surface area contributed by atoms with Crippen LogP contribution in [0.5, 0.6) is 11.5 Å². The van der Waals surface area contributed by atoms with Crippen molar-refractivity contribution in [1.29, 1.82) is 0 Å². The predicted molar refractivity (Wildman–Crippen MR) is 124 cm³/mol. The molecule has 0 bridgehead atoms. The molecule has 0 saturated carbocycles. The molecule has 6 heteroatoms. The van der Waals surface area contributed by atoms with E-state index in [1.807, 2.05) is 78.9 Å². The number of hydrogen-bond donors (Lipinski definition) is 1. The molecule has 154 valence electrons. The second-order valence-electron chi connectivity index (χ2n) is 6.67. The van der Waals surface area contributed by atoms with Crippen molar-refractivity contribution in [2.24, 2.45) is 5.10 Å². The minimum atomic E-state index is 0.406. The van der Waals surface area contributed by atoms with Gasteiger partial charge < -0.3 is 9.47 Å². The molecular weight excluding hydrogens is 388 g/mol. The molecule has 1 heterocycles. The zero-order valence-electron chi connectivity index (χ0n) is 17.3. The summed E-state index contributed by atoms with van der Waals surface area (Å²) in [4.78, 5) is 9.29. The van der Waals surface area contributed by atoms with E-state index in [0.29, 0.717) is 17.4 Å². The molecule has 31 heavy (non-hydrogen) atoms. The summed E-state index contributed by atoms with van der Waals surface area (Å²) in [5, 5.41) is 4.32. The number of anilines is 1. The Labute approximate surface area is 181 Å². The maximum absolute atomic E-state index is 5.41. The standard InChI is InChI=1S/C25H22N4O2/c1-30-21-14-13-20(24(15-21)31-2)17-26-29-25-27-22(18-9-5-3-6-10-18)16-23(28-25)19-11-7-4-8-12-19/h3-17H,1-2H3,(H,27,28,29)/b26-17+. The number of methoxy groups -OCH3 is 2. The van der Waals surface area contributed by atoms with Gasteiger partial charge in [-0.1, -0.05) is 60.7 Å². The van der Waals surface area contributed by atoms with Crippen LogP contribution < -0.4 is 14.9 Å². The number of aromatic nitrogens is 2. The number of rotatable bonds is 7. The van der Waals surface area contributed by atoms with Crippen LogP contribution in [-0.4, -0.2) is 30.4 Å². The first kappa shape index (κ1) is 20.1. The first-order valence-corrected chi connectivity index (χ1v) is 9.78. The summed E-state index contributed by atoms with van der Waals surface area (Å²) in [6, 6.07) is 27.5. The summed E-state index contributed by atoms with van der Waals surface area (Å²) < 4.78 is 10.6. The van der Waals surface area contributed by atoms with Crippen molar-refractivity contribution in [2.45, 2.75) is 0 Å². The summed E-state index contributed by atoms with van der Waals surface area (Å²) in [6.07, 6.45) is 1.67. The Hall–Kier alpha value is -4.19. The molecule has 0 spiro atoms. The van der Waals surface area contributed by atoms with E-state index in [9.17, 15) is 0 Å². The van der Waals surface area contributed by atoms with Gasteiger partial charge in [0.15, 0.2) is 0 Å². The highest BCUT2D eigenvalue weighted by Gasteiger charge is 2.08. The monoisotopic (exact) mass is 410 g/mol. The normalized spacial score (nSPS) is 10.8. The van der Waals surface area contributed by atoms with Crippen LogP contribution >= 0.6 is 0 Å². The van der Waals surface area contributed by atoms with Gasteiger partial charge in [-0.25, -0.2) is 15.4 Å². The van der Waals surface area contributed by atoms with E-state index in [1.165, 1.54) is 0 Å². The first-order chi connectivity index (χ1) is 15.3. The Morgan fingerprint density at radius 1 is 0.742 bits per heavy atom. The third-order valence-electron chi connectivity index (χ3n) is 4.67. The number of hydrogen-bond acceptors (Lipinski definition) is 6. The number of nitrogens with one attached hydrogen (secondary N) is 1. The fraction of sp³-hybridized carbons (Fsp3) is 0.0800. The summed E-state index contributed by atoms with van der Waals surface area (Å²) in [6.45, 7) is 0. The quantitative estimate of drug-likeness (QED) is 0.332. The second-order valence-corrected chi connectivity index (χ2v) is 6.67. The molecule has 0 amide bonds. The van der Waals surface area contributed by atoms with Crippen molar-refractivity contribution < 1.29 is 9.47 Å². The summed E-state index contributed by atoms with van der Waals surface area (Å²) >= 11 is 0. The van der Waals surface area contributed by atoms with Crippen LogP contribution in [0.15, 0.2) is 90.0 Å². The largest absolute Gasteiger partial charge is 0.497 e. The Morgan fingerprint density at radius 3 is 1.90 bits per heavy atom. The van der Waals surface area contributed by atoms with Gasteiger partial charge in [-0.15, -0.1) is 0 Å². The van der Waals surface area contributed by atoms with Gasteiger partial charge in [0, 0.05) is 22.8 Å². The van der Waals surface area contributed by atoms with Gasteiger partial charge in [-0.2, -0.15) is 5.10 Å². The van der Waals surface area contributed by atoms with E-state index in [1.54, 1.807) is 26.5 Å². The third kappa shape index (κ3) is 4.87. The van der Waals surface area contributed by atoms with Crippen LogP contribution in [0, 0.1) is 0 Å². The lowest BCUT2D eigenvalue weighted by Gasteiger charge is -2.09. The van der Waals surface area contributed by atoms with E-state index < -0.39 is 0 Å². The van der Waals surface area contributed by atoms with Crippen LogP contribution in [0.25, 0.3) is 22.5 Å². The molecule has 0 atom stereocenters. The van der Waals surface area contributed by atoms with Crippen molar-refractivity contribution >= 4 is 12.2 Å². The molecule has 0 aliphatic carbocycles. The molecule has 0 radical (unpaired) electrons. The van der Waals surface area contributed by atoms with Gasteiger partial charge in [0.05, 0.1) is 31.8 Å². The highest BCUT2D eigenvalue weighted by Crippen LogP contribution is 2.26. The predicted octanol–water partition coefficient (Wildman–Crippen LogP) is 5.27. The maximum atomic E-state index is 5.41. The van der Waals surface area contributed by atoms with Crippen LogP contribution in [-0.2, 0) is 0 Å². The Kier molecular flexibility index (Phi) is 6.18. The van der Waals surface area contributed by atoms with E-state index >= 15 is 0 Å². The lowest BCUT2D eigenvalue weighted by Crippen LogP contribution is -2.01. The third-order valence-corrected chi connectivity index (χ3v) is 4.67. The molecule has 3 aromatic carbocycles. The smallest absolute Gasteiger partial charge is 0.244 e. The van der Waals surface area contributed by atoms with Gasteiger partial charge in [0.25, 0.3) is 0 Å². The van der Waals surface area contributed by atoms with E-state index in [2.05, 4.69) is 20.5 Å². The molecule has 1 N–H and O–H groups in total. The molecule has 0 aliphatic heterocycles. The van der Waals surface area contributed by atoms with Crippen molar-refractivity contribution in [3.63, 3.8) is 0 Å². The number of hydrazone groups is 1. The minimum Gasteiger partial charge on any atom is -0.497 e. The van der Waals surface area contributed by atoms with Gasteiger partial charge in [-0.05, 0) is 18.2 Å². The van der Waals surface area contributed by atoms with Crippen LogP contribution in [0.1, 0.15) is 5.56 Å².